The zero-order valence-electron chi connectivity index (χ0n) is 8.72. The molecule has 0 amide bonds. The number of benzene rings is 1. The Morgan fingerprint density at radius 3 is 2.57 bits per heavy atom. The van der Waals surface area contributed by atoms with Crippen molar-refractivity contribution in [2.45, 2.75) is 19.4 Å². The van der Waals surface area contributed by atoms with Crippen molar-refractivity contribution in [1.29, 1.82) is 0 Å². The number of rotatable bonds is 2. The third kappa shape index (κ3) is 2.14. The second-order valence-corrected chi connectivity index (χ2v) is 3.81. The van der Waals surface area contributed by atoms with Gasteiger partial charge in [0, 0.05) is 25.7 Å². The van der Waals surface area contributed by atoms with Gasteiger partial charge >= 0.3 is 0 Å². The summed E-state index contributed by atoms with van der Waals surface area (Å²) in [4.78, 5) is 0. The van der Waals surface area contributed by atoms with E-state index in [0.29, 0.717) is 6.04 Å². The molecule has 1 aliphatic rings. The molecule has 14 heavy (non-hydrogen) atoms. The lowest BCUT2D eigenvalue weighted by atomic mass is 10.0. The van der Waals surface area contributed by atoms with Gasteiger partial charge in [0.25, 0.3) is 0 Å². The van der Waals surface area contributed by atoms with Gasteiger partial charge in [-0.2, -0.15) is 0 Å². The van der Waals surface area contributed by atoms with Gasteiger partial charge in [-0.05, 0) is 17.5 Å². The molecule has 2 N–H and O–H groups in total. The first-order valence-corrected chi connectivity index (χ1v) is 5.43. The summed E-state index contributed by atoms with van der Waals surface area (Å²) in [5.41, 5.74) is 2.81. The summed E-state index contributed by atoms with van der Waals surface area (Å²) < 4.78 is 0. The van der Waals surface area contributed by atoms with Crippen LogP contribution >= 0.6 is 0 Å². The molecule has 1 aromatic rings. The average molecular weight is 190 g/mol. The maximum absolute atomic E-state index is 3.51. The minimum Gasteiger partial charge on any atom is -0.314 e. The fourth-order valence-corrected chi connectivity index (χ4v) is 1.87. The fourth-order valence-electron chi connectivity index (χ4n) is 1.87. The van der Waals surface area contributed by atoms with E-state index < -0.39 is 0 Å². The summed E-state index contributed by atoms with van der Waals surface area (Å²) in [5, 5.41) is 6.91. The van der Waals surface area contributed by atoms with E-state index in [4.69, 9.17) is 0 Å². The molecule has 2 rings (SSSR count). The van der Waals surface area contributed by atoms with E-state index in [1.807, 2.05) is 0 Å². The highest BCUT2D eigenvalue weighted by molar-refractivity contribution is 5.25. The predicted molar refractivity (Wildman–Crippen MR) is 59.4 cm³/mol. The highest BCUT2D eigenvalue weighted by Crippen LogP contribution is 2.14. The molecular formula is C12H18N2. The zero-order valence-corrected chi connectivity index (χ0v) is 8.72. The van der Waals surface area contributed by atoms with Crippen LogP contribution in [0.4, 0.5) is 0 Å². The quantitative estimate of drug-likeness (QED) is 0.738. The number of nitrogens with one attached hydrogen (secondary N) is 2. The maximum atomic E-state index is 3.51. The lowest BCUT2D eigenvalue weighted by Crippen LogP contribution is -2.42. The van der Waals surface area contributed by atoms with E-state index in [1.54, 1.807) is 0 Å². The van der Waals surface area contributed by atoms with Crippen LogP contribution in [0.5, 0.6) is 0 Å². The van der Waals surface area contributed by atoms with Crippen LogP contribution in [0.1, 0.15) is 24.1 Å². The van der Waals surface area contributed by atoms with Crippen molar-refractivity contribution >= 4 is 0 Å². The summed E-state index contributed by atoms with van der Waals surface area (Å²) >= 11 is 0. The van der Waals surface area contributed by atoms with Gasteiger partial charge in [0.2, 0.25) is 0 Å². The minimum absolute atomic E-state index is 0.495. The van der Waals surface area contributed by atoms with Crippen molar-refractivity contribution in [2.75, 3.05) is 19.6 Å². The second-order valence-electron chi connectivity index (χ2n) is 3.81. The van der Waals surface area contributed by atoms with E-state index in [1.165, 1.54) is 11.1 Å². The fraction of sp³-hybridized carbons (Fsp3) is 0.500. The van der Waals surface area contributed by atoms with Crippen LogP contribution in [0.2, 0.25) is 0 Å². The Morgan fingerprint density at radius 1 is 1.21 bits per heavy atom. The molecule has 1 heterocycles. The molecule has 1 fully saturated rings. The Hall–Kier alpha value is -0.860. The van der Waals surface area contributed by atoms with Gasteiger partial charge in [-0.25, -0.2) is 0 Å². The number of aryl methyl sites for hydroxylation is 1. The Bertz CT molecular complexity index is 273. The molecule has 76 valence electrons. The summed E-state index contributed by atoms with van der Waals surface area (Å²) in [7, 11) is 0. The van der Waals surface area contributed by atoms with Gasteiger partial charge in [0.15, 0.2) is 0 Å². The van der Waals surface area contributed by atoms with Crippen LogP contribution in [-0.2, 0) is 6.42 Å². The van der Waals surface area contributed by atoms with Gasteiger partial charge in [0.05, 0.1) is 0 Å². The van der Waals surface area contributed by atoms with Crippen LogP contribution in [-0.4, -0.2) is 19.6 Å². The SMILES string of the molecule is CCc1ccc([C@H]2CNCCN2)cc1. The molecular weight excluding hydrogens is 172 g/mol. The van der Waals surface area contributed by atoms with Gasteiger partial charge < -0.3 is 10.6 Å². The number of hydrogen-bond donors (Lipinski definition) is 2. The lowest BCUT2D eigenvalue weighted by molar-refractivity contribution is 0.430. The molecule has 1 saturated heterocycles. The monoisotopic (exact) mass is 190 g/mol. The summed E-state index contributed by atoms with van der Waals surface area (Å²) in [5.74, 6) is 0. The van der Waals surface area contributed by atoms with E-state index in [0.717, 1.165) is 26.1 Å². The first kappa shape index (κ1) is 9.69. The Kier molecular flexibility index (Phi) is 3.17. The van der Waals surface area contributed by atoms with Crippen molar-refractivity contribution < 1.29 is 0 Å². The molecule has 0 spiro atoms. The summed E-state index contributed by atoms with van der Waals surface area (Å²) in [6, 6.07) is 9.43. The second kappa shape index (κ2) is 4.58. The van der Waals surface area contributed by atoms with Gasteiger partial charge in [-0.15, -0.1) is 0 Å². The predicted octanol–water partition coefficient (Wildman–Crippen LogP) is 1.48. The molecule has 0 bridgehead atoms. The molecule has 1 aliphatic heterocycles. The first-order chi connectivity index (χ1) is 6.90. The Morgan fingerprint density at radius 2 is 2.00 bits per heavy atom. The standard InChI is InChI=1S/C12H18N2/c1-2-10-3-5-11(6-4-10)12-9-13-7-8-14-12/h3-6,12-14H,2,7-9H2,1H3/t12-/m1/s1. The Balaban J connectivity index is 2.07. The molecule has 0 radical (unpaired) electrons. The van der Waals surface area contributed by atoms with Crippen molar-refractivity contribution in [3.63, 3.8) is 0 Å². The van der Waals surface area contributed by atoms with Crippen molar-refractivity contribution in [2.24, 2.45) is 0 Å². The minimum atomic E-state index is 0.495. The van der Waals surface area contributed by atoms with E-state index in [9.17, 15) is 0 Å². The topological polar surface area (TPSA) is 24.1 Å². The smallest absolute Gasteiger partial charge is 0.0447 e. The van der Waals surface area contributed by atoms with Crippen LogP contribution in [0.15, 0.2) is 24.3 Å². The molecule has 2 nitrogen and oxygen atoms in total. The zero-order chi connectivity index (χ0) is 9.80. The molecule has 1 atom stereocenters. The largest absolute Gasteiger partial charge is 0.314 e. The molecule has 0 aliphatic carbocycles. The highest BCUT2D eigenvalue weighted by atomic mass is 15.1. The van der Waals surface area contributed by atoms with Crippen LogP contribution in [0.3, 0.4) is 0 Å². The third-order valence-corrected chi connectivity index (χ3v) is 2.83. The lowest BCUT2D eigenvalue weighted by Gasteiger charge is -2.24. The maximum Gasteiger partial charge on any atom is 0.0447 e. The summed E-state index contributed by atoms with van der Waals surface area (Å²) in [6.45, 7) is 5.39. The molecule has 0 unspecified atom stereocenters. The molecule has 0 saturated carbocycles. The highest BCUT2D eigenvalue weighted by Gasteiger charge is 2.13. The molecule has 0 aromatic heterocycles. The average Bonchev–Trinajstić information content (AvgIpc) is 2.30. The van der Waals surface area contributed by atoms with Crippen LogP contribution in [0, 0.1) is 0 Å². The van der Waals surface area contributed by atoms with Gasteiger partial charge in [-0.1, -0.05) is 31.2 Å². The number of hydrogen-bond acceptors (Lipinski definition) is 2. The van der Waals surface area contributed by atoms with Crippen molar-refractivity contribution in [1.82, 2.24) is 10.6 Å². The molecule has 1 aromatic carbocycles. The molecule has 2 heteroatoms. The Labute approximate surface area is 85.7 Å². The van der Waals surface area contributed by atoms with E-state index >= 15 is 0 Å². The van der Waals surface area contributed by atoms with E-state index in [-0.39, 0.29) is 0 Å². The van der Waals surface area contributed by atoms with Crippen molar-refractivity contribution in [3.8, 4) is 0 Å². The van der Waals surface area contributed by atoms with Crippen LogP contribution in [0.25, 0.3) is 0 Å². The number of piperazine rings is 1. The summed E-state index contributed by atoms with van der Waals surface area (Å²) in [6.07, 6.45) is 1.12. The first-order valence-electron chi connectivity index (χ1n) is 5.43. The van der Waals surface area contributed by atoms with Gasteiger partial charge in [0.1, 0.15) is 0 Å². The normalized spacial score (nSPS) is 22.2. The van der Waals surface area contributed by atoms with Crippen LogP contribution < -0.4 is 10.6 Å². The third-order valence-electron chi connectivity index (χ3n) is 2.83. The van der Waals surface area contributed by atoms with E-state index in [2.05, 4.69) is 41.8 Å². The van der Waals surface area contributed by atoms with Gasteiger partial charge in [-0.3, -0.25) is 0 Å². The van der Waals surface area contributed by atoms with Crippen molar-refractivity contribution in [3.05, 3.63) is 35.4 Å².